The number of nitrogens with one attached hydrogen (secondary N) is 18. The van der Waals surface area contributed by atoms with Crippen LogP contribution in [0.25, 0.3) is 20.9 Å². The molecular weight excluding hydrogens is 1970 g/mol. The summed E-state index contributed by atoms with van der Waals surface area (Å²) in [5.74, 6) is -8.98. The number of ether oxygens (including phenoxy) is 2. The van der Waals surface area contributed by atoms with Gasteiger partial charge in [0, 0.05) is 159 Å². The summed E-state index contributed by atoms with van der Waals surface area (Å²) < 4.78 is 14.1. The quantitative estimate of drug-likeness (QED) is 0.00845. The van der Waals surface area contributed by atoms with E-state index >= 15 is 0 Å². The first kappa shape index (κ1) is 136. The van der Waals surface area contributed by atoms with Crippen molar-refractivity contribution < 1.29 is 149 Å². The van der Waals surface area contributed by atoms with E-state index in [4.69, 9.17) is 20.5 Å². The third-order valence-electron chi connectivity index (χ3n) is 21.0. The number of quaternary nitrogens is 4. The van der Waals surface area contributed by atoms with E-state index in [1.54, 1.807) is 52.1 Å². The lowest BCUT2D eigenvalue weighted by atomic mass is 10.00. The number of hydrogen-bond acceptors (Lipinski definition) is 26. The van der Waals surface area contributed by atoms with Crippen LogP contribution in [0.2, 0.25) is 0 Å². The fourth-order valence-corrected chi connectivity index (χ4v) is 13.7. The molecule has 0 aliphatic heterocycles. The van der Waals surface area contributed by atoms with Crippen molar-refractivity contribution in [2.75, 3.05) is 157 Å². The number of hydrogen-bond donors (Lipinski definition) is 22. The molecule has 2 heterocycles. The molecule has 818 valence electrons. The highest BCUT2D eigenvalue weighted by Crippen LogP contribution is 2.15. The Bertz CT molecular complexity index is 4410. The Kier molecular flexibility index (Phi) is 80.4. The lowest BCUT2D eigenvalue weighted by molar-refractivity contribution is -0.368. The van der Waals surface area contributed by atoms with Crippen molar-refractivity contribution in [1.29, 1.82) is 0 Å². The lowest BCUT2D eigenvalue weighted by Gasteiger charge is -2.27. The molecule has 0 aliphatic rings. The van der Waals surface area contributed by atoms with Gasteiger partial charge in [-0.05, 0) is 85.4 Å². The van der Waals surface area contributed by atoms with Crippen molar-refractivity contribution in [1.82, 2.24) is 126 Å². The molecule has 4 rings (SSSR count). The Balaban J connectivity index is 0. The van der Waals surface area contributed by atoms with Crippen LogP contribution < -0.4 is 168 Å². The molecule has 0 fully saturated rings. The second-order valence-electron chi connectivity index (χ2n) is 34.3. The second kappa shape index (κ2) is 85.9. The van der Waals surface area contributed by atoms with Gasteiger partial charge in [0.15, 0.2) is 0 Å². The number of unbranched alkanes of at least 4 members (excludes halogenated alkanes) is 2. The zero-order valence-electron chi connectivity index (χ0n) is 84.8. The summed E-state index contributed by atoms with van der Waals surface area (Å²) in [5, 5.41) is 74.1. The Morgan fingerprint density at radius 2 is 0.683 bits per heavy atom. The molecule has 0 radical (unpaired) electrons. The van der Waals surface area contributed by atoms with Gasteiger partial charge in [-0.3, -0.25) is 67.1 Å². The van der Waals surface area contributed by atoms with Crippen molar-refractivity contribution in [2.45, 2.75) is 225 Å². The predicted octanol–water partition coefficient (Wildman–Crippen LogP) is -18.1. The van der Waals surface area contributed by atoms with Crippen LogP contribution >= 0.6 is 0 Å². The zero-order chi connectivity index (χ0) is 103. The third-order valence-corrected chi connectivity index (χ3v) is 21.0. The summed E-state index contributed by atoms with van der Waals surface area (Å²) in [4.78, 5) is 197. The highest BCUT2D eigenvalue weighted by Gasteiger charge is 2.37. The highest BCUT2D eigenvalue weighted by atomic mass is 35.5. The number of nitrogens with zero attached hydrogens (tertiary/aromatic N) is 12. The van der Waals surface area contributed by atoms with E-state index in [2.05, 4.69) is 159 Å². The molecule has 2 aromatic heterocycles. The summed E-state index contributed by atoms with van der Waals surface area (Å²) in [6.07, 6.45) is 7.76. The predicted molar refractivity (Wildman–Crippen MR) is 524 cm³/mol. The first-order valence-electron chi connectivity index (χ1n) is 49.1. The summed E-state index contributed by atoms with van der Waals surface area (Å²) >= 11 is 0. The molecule has 0 saturated heterocycles. The number of carbonyl (C=O) groups excluding carboxylic acids is 14. The summed E-state index contributed by atoms with van der Waals surface area (Å²) in [6.45, 7) is 22.7. The van der Waals surface area contributed by atoms with E-state index in [0.717, 1.165) is 31.4 Å². The van der Waals surface area contributed by atoms with E-state index in [1.165, 1.54) is 0 Å². The molecule has 4 aromatic rings. The average Bonchev–Trinajstić information content (AvgIpc) is 1.76. The van der Waals surface area contributed by atoms with Gasteiger partial charge in [0.1, 0.15) is 48.3 Å². The fraction of sp³-hybridized carbons (Fsp3) is 0.670. The van der Waals surface area contributed by atoms with Crippen molar-refractivity contribution in [3.63, 3.8) is 0 Å². The molecule has 0 aliphatic carbocycles. The fourth-order valence-electron chi connectivity index (χ4n) is 13.7. The second-order valence-corrected chi connectivity index (χ2v) is 34.3. The number of rotatable bonds is 79. The van der Waals surface area contributed by atoms with E-state index in [1.807, 2.05) is 71.9 Å². The third kappa shape index (κ3) is 65.7. The van der Waals surface area contributed by atoms with Gasteiger partial charge < -0.3 is 178 Å². The largest absolute Gasteiger partial charge is 1.00 e. The van der Waals surface area contributed by atoms with Crippen LogP contribution in [-0.2, 0) is 115 Å². The molecule has 50 nitrogen and oxygen atoms in total. The first-order valence-corrected chi connectivity index (χ1v) is 49.1. The Hall–Kier alpha value is -11.3. The molecular formula is C91H160Cl4N34O16. The molecule has 2 aromatic carbocycles. The van der Waals surface area contributed by atoms with Gasteiger partial charge in [0.05, 0.1) is 103 Å². The topological polar surface area (TPSA) is 743 Å². The van der Waals surface area contributed by atoms with E-state index < -0.39 is 151 Å². The van der Waals surface area contributed by atoms with Gasteiger partial charge >= 0.3 is 0 Å². The van der Waals surface area contributed by atoms with Crippen LogP contribution in [0, 0.1) is 11.8 Å². The van der Waals surface area contributed by atoms with Crippen LogP contribution in [0.15, 0.2) is 83.3 Å². The number of aryl methyl sites for hydroxylation is 2. The van der Waals surface area contributed by atoms with Gasteiger partial charge in [-0.25, -0.2) is 9.36 Å². The molecule has 30 N–H and O–H groups in total. The Morgan fingerprint density at radius 1 is 0.352 bits per heavy atom. The average molecular weight is 2130 g/mol. The van der Waals surface area contributed by atoms with Gasteiger partial charge in [0.2, 0.25) is 82.7 Å². The lowest BCUT2D eigenvalue weighted by Crippen LogP contribution is -3.00. The Labute approximate surface area is 873 Å². The van der Waals surface area contributed by atoms with Gasteiger partial charge in [-0.2, -0.15) is 0 Å². The van der Waals surface area contributed by atoms with Crippen LogP contribution in [0.1, 0.15) is 160 Å². The summed E-state index contributed by atoms with van der Waals surface area (Å²) in [6, 6.07) is 7.53. The molecule has 14 amide bonds. The molecule has 145 heavy (non-hydrogen) atoms. The SMILES string of the molecule is CCCCCNC(=O)[C@H](CC(=O)NCCNCC[NH3+])NC(=O)[C@@H](CC(=O)NCCNCCC[NH3+])NC(=O)[C@H](CC(C)C)NC(=O)[C@@H](Cc1ccccc1)NC(=O)CCCc1cn(CCOCCN=[N+]=[N-])nn1.CCCNC(=O)[C@H](CC(=O)NCCNCC[NH3+])NC(=O)[C@@H](CC(=O)NCCNCC[NH3+])NC(=O)[C@H](Cc1ccccc1)NC(=O)[C@@H](CC(C)C)NC(=O)CCCc1cn(CCOCCN=[N+]=[N-])nn1.[Cl-].[Cl-].[Cl-].[Cl-]. The molecule has 0 spiro atoms. The minimum atomic E-state index is -1.55. The molecule has 0 unspecified atom stereocenters. The van der Waals surface area contributed by atoms with Crippen LogP contribution in [0.4, 0.5) is 0 Å². The van der Waals surface area contributed by atoms with Crippen molar-refractivity contribution in [3.8, 4) is 0 Å². The van der Waals surface area contributed by atoms with Crippen LogP contribution in [0.5, 0.6) is 0 Å². The number of aromatic nitrogens is 6. The van der Waals surface area contributed by atoms with Gasteiger partial charge in [-0.15, -0.1) is 10.2 Å². The Morgan fingerprint density at radius 3 is 1.04 bits per heavy atom. The zero-order valence-corrected chi connectivity index (χ0v) is 87.8. The maximum Gasteiger partial charge on any atom is 0.243 e. The standard InChI is InChI=1S/C47H81N17O8.C44H75N17O8.4ClH/c1-4-5-9-19-55-44(68)39(31-42(66)54-24-22-52-20-17-49)59-47(71)40(32-43(67)53-23-21-51-18-11-16-48)60-45(69)37(29-34(2)3)58-46(70)38(30-35-12-7-6-8-13-35)57-41(65)15-10-14-36-33-64(63-61-36)26-28-72-27-25-56-62-50;1-4-15-52-41(65)36(28-39(63)50-20-18-48-16-13-45)56-44(68)37(29-40(64)51-21-19-49-17-14-46)57-43(67)35(27-32-9-6-5-7-10-32)55-42(66)34(26-31(2)3)54-38(62)12-8-11-33-30-61(60-58-33)23-25-69-24-22-53-59-47;;;;/h6-8,12-13,33-34,37-40,51-52H,4-5,9-11,14-32,48-49H2,1-3H3,(H,53,67)(H,54,66)(H,55,68)(H,57,65)(H,58,70)(H,59,71)(H,60,69);5-7,9-10,30-31,34-37,48-49H,4,8,11-29,45-46H2,1-3H3,(H,50,63)(H,51,64)(H,52,65)(H,54,62)(H,55,66)(H,56,68)(H,57,67);4*1H/t37-,38+,39-,40+;34-,35+,36+,37-;;;;/m01..../s1. The van der Waals surface area contributed by atoms with Crippen molar-refractivity contribution >= 4 is 82.7 Å². The minimum absolute atomic E-state index is 0. The van der Waals surface area contributed by atoms with Crippen molar-refractivity contribution in [2.24, 2.45) is 22.1 Å². The van der Waals surface area contributed by atoms with E-state index in [0.29, 0.717) is 160 Å². The van der Waals surface area contributed by atoms with Crippen LogP contribution in [-0.4, -0.2) is 318 Å². The molecule has 0 bridgehead atoms. The van der Waals surface area contributed by atoms with Crippen LogP contribution in [0.3, 0.4) is 0 Å². The maximum atomic E-state index is 14.4. The number of halogens is 4. The monoisotopic (exact) mass is 2130 g/mol. The van der Waals surface area contributed by atoms with E-state index in [-0.39, 0.29) is 165 Å². The van der Waals surface area contributed by atoms with Gasteiger partial charge in [0.25, 0.3) is 0 Å². The number of amides is 14. The van der Waals surface area contributed by atoms with E-state index in [9.17, 15) is 67.1 Å². The molecule has 0 saturated carbocycles. The summed E-state index contributed by atoms with van der Waals surface area (Å²) in [5.41, 5.74) is 34.6. The molecule has 54 heteroatoms. The summed E-state index contributed by atoms with van der Waals surface area (Å²) in [7, 11) is 0. The number of carbonyl (C=O) groups is 14. The first-order chi connectivity index (χ1) is 68.1. The highest BCUT2D eigenvalue weighted by molar-refractivity contribution is 6.00. The number of azide groups is 2. The van der Waals surface area contributed by atoms with Crippen molar-refractivity contribution in [3.05, 3.63) is 116 Å². The maximum absolute atomic E-state index is 14.4. The minimum Gasteiger partial charge on any atom is -1.00 e. The molecule has 8 atom stereocenters. The normalized spacial score (nSPS) is 12.3. The van der Waals surface area contributed by atoms with Gasteiger partial charge in [-0.1, -0.05) is 136 Å². The smallest absolute Gasteiger partial charge is 0.243 e. The number of benzene rings is 2.